The molecule has 2 amide bonds. The number of hydrogen-bond donors (Lipinski definition) is 1. The summed E-state index contributed by atoms with van der Waals surface area (Å²) < 4.78 is 6.79. The first-order valence-electron chi connectivity index (χ1n) is 10.5. The van der Waals surface area contributed by atoms with Crippen LogP contribution in [0.3, 0.4) is 0 Å². The molecular weight excluding hydrogens is 406 g/mol. The van der Waals surface area contributed by atoms with Gasteiger partial charge in [-0.2, -0.15) is 0 Å². The first-order chi connectivity index (χ1) is 15.2. The van der Waals surface area contributed by atoms with Crippen LogP contribution in [0.2, 0.25) is 0 Å². The third-order valence-corrected chi connectivity index (χ3v) is 5.33. The monoisotopic (exact) mass is 433 g/mol. The molecule has 0 aliphatic carbocycles. The molecule has 0 bridgehead atoms. The van der Waals surface area contributed by atoms with Gasteiger partial charge < -0.3 is 15.0 Å². The second-order valence-corrected chi connectivity index (χ2v) is 8.92. The van der Waals surface area contributed by atoms with Gasteiger partial charge in [0.2, 0.25) is 5.91 Å². The predicted octanol–water partition coefficient (Wildman–Crippen LogP) is 3.20. The van der Waals surface area contributed by atoms with Gasteiger partial charge in [0.1, 0.15) is 11.8 Å². The van der Waals surface area contributed by atoms with Crippen molar-refractivity contribution >= 4 is 11.8 Å². The normalized spacial score (nSPS) is 15.6. The highest BCUT2D eigenvalue weighted by Gasteiger charge is 2.40. The smallest absolute Gasteiger partial charge is 0.275 e. The lowest BCUT2D eigenvalue weighted by atomic mass is 9.99. The quantitative estimate of drug-likeness (QED) is 0.683. The molecular formula is C24H27N5O3. The third kappa shape index (κ3) is 3.95. The maximum absolute atomic E-state index is 13.8. The summed E-state index contributed by atoms with van der Waals surface area (Å²) in [6.45, 7) is 7.75. The molecule has 4 rings (SSSR count). The van der Waals surface area contributed by atoms with Crippen LogP contribution in [0.25, 0.3) is 5.69 Å². The van der Waals surface area contributed by atoms with Gasteiger partial charge in [0.15, 0.2) is 5.69 Å². The summed E-state index contributed by atoms with van der Waals surface area (Å²) >= 11 is 0. The molecule has 2 heterocycles. The Hall–Kier alpha value is -3.68. The van der Waals surface area contributed by atoms with E-state index in [4.69, 9.17) is 4.74 Å². The molecule has 0 spiro atoms. The standard InChI is InChI=1S/C24H27N5O3/c1-15-20-23(31)28(14-16-10-12-17(32-5)13-11-16)21(22(30)25-24(2,3)4)18-8-6-7-9-19(18)29(20)27-26-15/h6-13,21H,14H2,1-5H3,(H,25,30). The molecule has 1 unspecified atom stereocenters. The lowest BCUT2D eigenvalue weighted by Crippen LogP contribution is -2.48. The number of carbonyl (C=O) groups is 2. The number of rotatable bonds is 4. The zero-order chi connectivity index (χ0) is 23.0. The fraction of sp³-hybridized carbons (Fsp3) is 0.333. The van der Waals surface area contributed by atoms with Crippen LogP contribution in [-0.4, -0.2) is 44.4 Å². The van der Waals surface area contributed by atoms with Gasteiger partial charge in [-0.05, 0) is 51.5 Å². The van der Waals surface area contributed by atoms with E-state index in [0.29, 0.717) is 22.6 Å². The number of para-hydroxylation sites is 1. The number of amides is 2. The van der Waals surface area contributed by atoms with Crippen molar-refractivity contribution in [2.45, 2.75) is 45.8 Å². The maximum atomic E-state index is 13.8. The van der Waals surface area contributed by atoms with Crippen LogP contribution in [0.5, 0.6) is 5.75 Å². The highest BCUT2D eigenvalue weighted by Crippen LogP contribution is 2.34. The molecule has 1 aliphatic heterocycles. The fourth-order valence-electron chi connectivity index (χ4n) is 3.92. The van der Waals surface area contributed by atoms with Crippen molar-refractivity contribution in [2.24, 2.45) is 0 Å². The zero-order valence-electron chi connectivity index (χ0n) is 18.9. The van der Waals surface area contributed by atoms with Crippen LogP contribution in [0.1, 0.15) is 54.1 Å². The van der Waals surface area contributed by atoms with E-state index in [-0.39, 0.29) is 18.4 Å². The third-order valence-electron chi connectivity index (χ3n) is 5.33. The highest BCUT2D eigenvalue weighted by molar-refractivity contribution is 5.99. The number of carbonyl (C=O) groups excluding carboxylic acids is 2. The number of aromatic nitrogens is 3. The molecule has 2 aromatic carbocycles. The summed E-state index contributed by atoms with van der Waals surface area (Å²) in [7, 11) is 1.61. The summed E-state index contributed by atoms with van der Waals surface area (Å²) in [4.78, 5) is 29.0. The summed E-state index contributed by atoms with van der Waals surface area (Å²) in [5.74, 6) is 0.179. The van der Waals surface area contributed by atoms with E-state index < -0.39 is 11.6 Å². The molecule has 0 radical (unpaired) electrons. The summed E-state index contributed by atoms with van der Waals surface area (Å²) in [5.41, 5.74) is 2.66. The molecule has 32 heavy (non-hydrogen) atoms. The van der Waals surface area contributed by atoms with Gasteiger partial charge >= 0.3 is 0 Å². The fourth-order valence-corrected chi connectivity index (χ4v) is 3.92. The highest BCUT2D eigenvalue weighted by atomic mass is 16.5. The number of methoxy groups -OCH3 is 1. The summed E-state index contributed by atoms with van der Waals surface area (Å²) in [6, 6.07) is 14.1. The van der Waals surface area contributed by atoms with E-state index in [0.717, 1.165) is 11.3 Å². The largest absolute Gasteiger partial charge is 0.497 e. The number of nitrogens with one attached hydrogen (secondary N) is 1. The van der Waals surface area contributed by atoms with Gasteiger partial charge in [-0.15, -0.1) is 5.10 Å². The number of ether oxygens (including phenoxy) is 1. The van der Waals surface area contributed by atoms with Gasteiger partial charge in [0, 0.05) is 17.6 Å². The number of fused-ring (bicyclic) bond motifs is 3. The minimum Gasteiger partial charge on any atom is -0.497 e. The van der Waals surface area contributed by atoms with E-state index in [1.165, 1.54) is 0 Å². The molecule has 1 atom stereocenters. The Morgan fingerprint density at radius 1 is 1.12 bits per heavy atom. The number of aryl methyl sites for hydroxylation is 1. The van der Waals surface area contributed by atoms with Crippen molar-refractivity contribution in [1.82, 2.24) is 25.2 Å². The van der Waals surface area contributed by atoms with Gasteiger partial charge in [-0.1, -0.05) is 35.5 Å². The average molecular weight is 434 g/mol. The van der Waals surface area contributed by atoms with E-state index in [9.17, 15) is 9.59 Å². The molecule has 8 nitrogen and oxygen atoms in total. The predicted molar refractivity (Wildman–Crippen MR) is 120 cm³/mol. The molecule has 1 N–H and O–H groups in total. The Kier molecular flexibility index (Phi) is 5.46. The summed E-state index contributed by atoms with van der Waals surface area (Å²) in [6.07, 6.45) is 0. The van der Waals surface area contributed by atoms with E-state index >= 15 is 0 Å². The van der Waals surface area contributed by atoms with Crippen LogP contribution in [0.15, 0.2) is 48.5 Å². The Labute approximate surface area is 187 Å². The van der Waals surface area contributed by atoms with Crippen molar-refractivity contribution in [1.29, 1.82) is 0 Å². The van der Waals surface area contributed by atoms with Gasteiger partial charge in [0.25, 0.3) is 5.91 Å². The van der Waals surface area contributed by atoms with Crippen molar-refractivity contribution in [2.75, 3.05) is 7.11 Å². The SMILES string of the molecule is COc1ccc(CN2C(=O)c3c(C)nnn3-c3ccccc3C2C(=O)NC(C)(C)C)cc1. The van der Waals surface area contributed by atoms with Crippen LogP contribution in [-0.2, 0) is 11.3 Å². The molecule has 0 saturated heterocycles. The van der Waals surface area contributed by atoms with Crippen molar-refractivity contribution in [3.63, 3.8) is 0 Å². The van der Waals surface area contributed by atoms with Crippen LogP contribution < -0.4 is 10.1 Å². The number of hydrogen-bond acceptors (Lipinski definition) is 5. The Morgan fingerprint density at radius 3 is 2.47 bits per heavy atom. The zero-order valence-corrected chi connectivity index (χ0v) is 18.9. The Balaban J connectivity index is 1.87. The second-order valence-electron chi connectivity index (χ2n) is 8.92. The van der Waals surface area contributed by atoms with Crippen molar-refractivity contribution < 1.29 is 14.3 Å². The minimum absolute atomic E-state index is 0.240. The molecule has 0 fully saturated rings. The molecule has 8 heteroatoms. The molecule has 1 aliphatic rings. The van der Waals surface area contributed by atoms with Crippen molar-refractivity contribution in [3.05, 3.63) is 71.0 Å². The lowest BCUT2D eigenvalue weighted by Gasteiger charge is -2.32. The lowest BCUT2D eigenvalue weighted by molar-refractivity contribution is -0.127. The van der Waals surface area contributed by atoms with Crippen LogP contribution in [0.4, 0.5) is 0 Å². The van der Waals surface area contributed by atoms with Crippen LogP contribution in [0, 0.1) is 6.92 Å². The van der Waals surface area contributed by atoms with Gasteiger partial charge in [-0.25, -0.2) is 4.68 Å². The van der Waals surface area contributed by atoms with Gasteiger partial charge in [0.05, 0.1) is 18.5 Å². The molecule has 3 aromatic rings. The van der Waals surface area contributed by atoms with E-state index in [1.54, 1.807) is 23.6 Å². The first kappa shape index (κ1) is 21.5. The summed E-state index contributed by atoms with van der Waals surface area (Å²) in [5, 5.41) is 11.4. The molecule has 1 aromatic heterocycles. The first-order valence-corrected chi connectivity index (χ1v) is 10.5. The topological polar surface area (TPSA) is 89.3 Å². The van der Waals surface area contributed by atoms with E-state index in [1.807, 2.05) is 69.3 Å². The van der Waals surface area contributed by atoms with E-state index in [2.05, 4.69) is 15.6 Å². The van der Waals surface area contributed by atoms with Crippen LogP contribution >= 0.6 is 0 Å². The Bertz CT molecular complexity index is 1160. The average Bonchev–Trinajstić information content (AvgIpc) is 3.09. The van der Waals surface area contributed by atoms with Gasteiger partial charge in [-0.3, -0.25) is 9.59 Å². The van der Waals surface area contributed by atoms with Crippen molar-refractivity contribution in [3.8, 4) is 11.4 Å². The molecule has 166 valence electrons. The number of nitrogens with zero attached hydrogens (tertiary/aromatic N) is 4. The number of benzene rings is 2. The minimum atomic E-state index is -0.832. The maximum Gasteiger partial charge on any atom is 0.275 e. The molecule has 0 saturated carbocycles. The Morgan fingerprint density at radius 2 is 1.81 bits per heavy atom. The second kappa shape index (κ2) is 8.11.